The van der Waals surface area contributed by atoms with Crippen molar-refractivity contribution in [3.63, 3.8) is 0 Å². The molecule has 2 aromatic heterocycles. The molecule has 4 rings (SSSR count). The molecule has 0 saturated heterocycles. The number of aromatic nitrogens is 3. The van der Waals surface area contributed by atoms with Crippen LogP contribution in [-0.4, -0.2) is 20.7 Å². The van der Waals surface area contributed by atoms with Gasteiger partial charge in [0.15, 0.2) is 5.82 Å². The topological polar surface area (TPSA) is 55.1 Å². The smallest absolute Gasteiger partial charge is 0.203 e. The van der Waals surface area contributed by atoms with E-state index in [1.807, 2.05) is 54.9 Å². The number of hydrazone groups is 1. The van der Waals surface area contributed by atoms with E-state index in [2.05, 4.69) is 47.1 Å². The van der Waals surface area contributed by atoms with Crippen molar-refractivity contribution in [1.82, 2.24) is 14.5 Å². The molecule has 7 heteroatoms. The molecule has 5 nitrogen and oxygen atoms in total. The maximum atomic E-state index is 4.67. The van der Waals surface area contributed by atoms with Gasteiger partial charge in [-0.15, -0.1) is 11.3 Å². The Bertz CT molecular complexity index is 1050. The fourth-order valence-corrected chi connectivity index (χ4v) is 3.42. The first kappa shape index (κ1) is 16.0. The van der Waals surface area contributed by atoms with Crippen LogP contribution in [0.15, 0.2) is 63.5 Å². The predicted molar refractivity (Wildman–Crippen MR) is 107 cm³/mol. The second-order valence-corrected chi connectivity index (χ2v) is 7.22. The highest BCUT2D eigenvalue weighted by molar-refractivity contribution is 9.10. The van der Waals surface area contributed by atoms with Crippen LogP contribution in [0.2, 0.25) is 0 Å². The van der Waals surface area contributed by atoms with Crippen LogP contribution in [-0.2, 0) is 7.05 Å². The van der Waals surface area contributed by atoms with Crippen molar-refractivity contribution in [2.45, 2.75) is 0 Å². The zero-order valence-electron chi connectivity index (χ0n) is 13.3. The quantitative estimate of drug-likeness (QED) is 0.383. The van der Waals surface area contributed by atoms with Gasteiger partial charge in [-0.2, -0.15) is 5.10 Å². The molecule has 0 aliphatic carbocycles. The van der Waals surface area contributed by atoms with Gasteiger partial charge in [-0.05, 0) is 29.8 Å². The first-order chi connectivity index (χ1) is 12.2. The Kier molecular flexibility index (Phi) is 4.33. The molecular weight excluding hydrogens is 398 g/mol. The highest BCUT2D eigenvalue weighted by Gasteiger charge is 2.12. The van der Waals surface area contributed by atoms with Crippen molar-refractivity contribution in [2.24, 2.45) is 12.1 Å². The van der Waals surface area contributed by atoms with Gasteiger partial charge in [-0.25, -0.2) is 9.97 Å². The van der Waals surface area contributed by atoms with Crippen LogP contribution in [0.4, 0.5) is 5.13 Å². The van der Waals surface area contributed by atoms with Crippen molar-refractivity contribution in [3.05, 3.63) is 63.9 Å². The van der Waals surface area contributed by atoms with E-state index in [9.17, 15) is 0 Å². The van der Waals surface area contributed by atoms with E-state index in [1.165, 1.54) is 11.3 Å². The van der Waals surface area contributed by atoms with Crippen LogP contribution < -0.4 is 5.43 Å². The molecule has 0 aliphatic rings. The fraction of sp³-hybridized carbons (Fsp3) is 0.0556. The molecule has 0 saturated carbocycles. The number of imidazole rings is 1. The minimum Gasteiger partial charge on any atom is -0.326 e. The van der Waals surface area contributed by atoms with Gasteiger partial charge in [0, 0.05) is 16.9 Å². The van der Waals surface area contributed by atoms with Gasteiger partial charge in [0.25, 0.3) is 0 Å². The monoisotopic (exact) mass is 411 g/mol. The van der Waals surface area contributed by atoms with Gasteiger partial charge < -0.3 is 4.57 Å². The summed E-state index contributed by atoms with van der Waals surface area (Å²) in [5.41, 5.74) is 6.89. The Morgan fingerprint density at radius 3 is 2.72 bits per heavy atom. The third-order valence-electron chi connectivity index (χ3n) is 3.76. The van der Waals surface area contributed by atoms with Crippen LogP contribution in [0.1, 0.15) is 5.56 Å². The molecule has 4 aromatic rings. The lowest BCUT2D eigenvalue weighted by Gasteiger charge is -1.98. The number of hydrogen-bond donors (Lipinski definition) is 1. The van der Waals surface area contributed by atoms with Crippen LogP contribution in [0.25, 0.3) is 22.6 Å². The summed E-state index contributed by atoms with van der Waals surface area (Å²) in [7, 11) is 2.00. The largest absolute Gasteiger partial charge is 0.326 e. The van der Waals surface area contributed by atoms with E-state index in [0.717, 1.165) is 37.7 Å². The number of para-hydroxylation sites is 2. The molecule has 0 bridgehead atoms. The molecule has 0 amide bonds. The summed E-state index contributed by atoms with van der Waals surface area (Å²) in [6.45, 7) is 0. The Morgan fingerprint density at radius 2 is 1.92 bits per heavy atom. The van der Waals surface area contributed by atoms with Gasteiger partial charge in [0.05, 0.1) is 17.2 Å². The number of anilines is 1. The number of nitrogens with one attached hydrogen (secondary N) is 1. The molecule has 1 N–H and O–H groups in total. The van der Waals surface area contributed by atoms with Gasteiger partial charge in [0.1, 0.15) is 5.69 Å². The van der Waals surface area contributed by atoms with Gasteiger partial charge in [0.2, 0.25) is 5.13 Å². The number of halogens is 1. The normalized spacial score (nSPS) is 11.4. The number of nitrogens with zero attached hydrogens (tertiary/aromatic N) is 4. The number of benzene rings is 2. The summed E-state index contributed by atoms with van der Waals surface area (Å²) in [5.74, 6) is 0.849. The van der Waals surface area contributed by atoms with Crippen LogP contribution >= 0.6 is 27.3 Å². The molecule has 0 unspecified atom stereocenters. The van der Waals surface area contributed by atoms with Gasteiger partial charge in [-0.3, -0.25) is 5.43 Å². The molecule has 25 heavy (non-hydrogen) atoms. The lowest BCUT2D eigenvalue weighted by atomic mass is 10.2. The van der Waals surface area contributed by atoms with E-state index in [0.29, 0.717) is 0 Å². The number of aryl methyl sites for hydroxylation is 1. The van der Waals surface area contributed by atoms with Crippen molar-refractivity contribution < 1.29 is 0 Å². The van der Waals surface area contributed by atoms with E-state index >= 15 is 0 Å². The minimum atomic E-state index is 0.732. The molecular formula is C18H14BrN5S. The van der Waals surface area contributed by atoms with Crippen molar-refractivity contribution in [2.75, 3.05) is 5.43 Å². The zero-order chi connectivity index (χ0) is 17.2. The first-order valence-electron chi connectivity index (χ1n) is 7.63. The minimum absolute atomic E-state index is 0.732. The fourth-order valence-electron chi connectivity index (χ4n) is 2.51. The summed E-state index contributed by atoms with van der Waals surface area (Å²) in [6, 6.07) is 16.0. The van der Waals surface area contributed by atoms with Gasteiger partial charge >= 0.3 is 0 Å². The Labute approximate surface area is 157 Å². The molecule has 124 valence electrons. The summed E-state index contributed by atoms with van der Waals surface area (Å²) in [4.78, 5) is 9.25. The molecule has 0 spiro atoms. The van der Waals surface area contributed by atoms with Crippen molar-refractivity contribution in [3.8, 4) is 11.5 Å². The second kappa shape index (κ2) is 6.78. The Balaban J connectivity index is 1.53. The van der Waals surface area contributed by atoms with Crippen molar-refractivity contribution in [1.29, 1.82) is 0 Å². The van der Waals surface area contributed by atoms with Crippen LogP contribution in [0, 0.1) is 0 Å². The number of rotatable bonds is 4. The SMILES string of the molecule is Cn1c(-c2csc(N/N=C\c3ccc(Br)cc3)n2)nc2ccccc21. The van der Waals surface area contributed by atoms with E-state index in [-0.39, 0.29) is 0 Å². The maximum Gasteiger partial charge on any atom is 0.203 e. The molecule has 0 aliphatic heterocycles. The van der Waals surface area contributed by atoms with Crippen LogP contribution in [0.3, 0.4) is 0 Å². The highest BCUT2D eigenvalue weighted by atomic mass is 79.9. The Morgan fingerprint density at radius 1 is 1.12 bits per heavy atom. The van der Waals surface area contributed by atoms with Gasteiger partial charge in [-0.1, -0.05) is 40.2 Å². The lowest BCUT2D eigenvalue weighted by Crippen LogP contribution is -1.94. The molecule has 2 aromatic carbocycles. The maximum absolute atomic E-state index is 4.67. The molecule has 2 heterocycles. The highest BCUT2D eigenvalue weighted by Crippen LogP contribution is 2.26. The molecule has 0 atom stereocenters. The average molecular weight is 412 g/mol. The average Bonchev–Trinajstić information content (AvgIpc) is 3.22. The zero-order valence-corrected chi connectivity index (χ0v) is 15.8. The predicted octanol–water partition coefficient (Wildman–Crippen LogP) is 4.91. The summed E-state index contributed by atoms with van der Waals surface area (Å²) in [5, 5.41) is 6.96. The molecule has 0 radical (unpaired) electrons. The third kappa shape index (κ3) is 3.33. The second-order valence-electron chi connectivity index (χ2n) is 5.44. The first-order valence-corrected chi connectivity index (χ1v) is 9.30. The van der Waals surface area contributed by atoms with Crippen molar-refractivity contribution >= 4 is 49.6 Å². The van der Waals surface area contributed by atoms with E-state index < -0.39 is 0 Å². The Hall–Kier alpha value is -2.51. The lowest BCUT2D eigenvalue weighted by molar-refractivity contribution is 0.953. The third-order valence-corrected chi connectivity index (χ3v) is 5.04. The summed E-state index contributed by atoms with van der Waals surface area (Å²) >= 11 is 4.92. The van der Waals surface area contributed by atoms with E-state index in [1.54, 1.807) is 6.21 Å². The standard InChI is InChI=1S/C18H14BrN5S/c1-24-16-5-3-2-4-14(16)21-17(24)15-11-25-18(22-15)23-20-10-12-6-8-13(19)9-7-12/h2-11H,1H3,(H,22,23)/b20-10-. The summed E-state index contributed by atoms with van der Waals surface area (Å²) < 4.78 is 3.10. The van der Waals surface area contributed by atoms with E-state index in [4.69, 9.17) is 0 Å². The number of thiazole rings is 1. The molecule has 0 fully saturated rings. The number of hydrogen-bond acceptors (Lipinski definition) is 5. The number of fused-ring (bicyclic) bond motifs is 1. The van der Waals surface area contributed by atoms with Crippen LogP contribution in [0.5, 0.6) is 0 Å². The summed E-state index contributed by atoms with van der Waals surface area (Å²) in [6.07, 6.45) is 1.77.